The van der Waals surface area contributed by atoms with Crippen LogP contribution in [-0.2, 0) is 4.79 Å². The molecule has 2 rings (SSSR count). The quantitative estimate of drug-likeness (QED) is 0.299. The summed E-state index contributed by atoms with van der Waals surface area (Å²) in [5, 5.41) is 2.74. The predicted octanol–water partition coefficient (Wildman–Crippen LogP) is 6.15. The van der Waals surface area contributed by atoms with E-state index in [2.05, 4.69) is 21.2 Å². The van der Waals surface area contributed by atoms with E-state index in [0.717, 1.165) is 6.08 Å². The van der Waals surface area contributed by atoms with Gasteiger partial charge in [0.15, 0.2) is 0 Å². The van der Waals surface area contributed by atoms with Crippen molar-refractivity contribution in [3.63, 3.8) is 0 Å². The third-order valence-electron chi connectivity index (χ3n) is 4.33. The molecule has 35 heavy (non-hydrogen) atoms. The van der Waals surface area contributed by atoms with Crippen molar-refractivity contribution in [2.45, 2.75) is 18.3 Å². The topological polar surface area (TPSA) is 58.2 Å². The number of allylic oxidation sites excluding steroid dienone is 1. The van der Waals surface area contributed by atoms with Crippen LogP contribution in [0.2, 0.25) is 5.02 Å². The Morgan fingerprint density at radius 3 is 2.11 bits per heavy atom. The first-order valence-electron chi connectivity index (χ1n) is 9.39. The maximum atomic E-state index is 13.7. The van der Waals surface area contributed by atoms with Gasteiger partial charge in [-0.1, -0.05) is 29.8 Å². The van der Waals surface area contributed by atoms with Crippen LogP contribution in [0.15, 0.2) is 40.9 Å². The van der Waals surface area contributed by atoms with Crippen molar-refractivity contribution in [2.24, 2.45) is 0 Å². The van der Waals surface area contributed by atoms with Gasteiger partial charge in [-0.2, -0.15) is 26.3 Å². The summed E-state index contributed by atoms with van der Waals surface area (Å²) < 4.78 is 104. The summed E-state index contributed by atoms with van der Waals surface area (Å²) in [7, 11) is 0. The lowest BCUT2D eigenvalue weighted by Gasteiger charge is -2.18. The largest absolute Gasteiger partial charge is 0.405 e. The Morgan fingerprint density at radius 2 is 1.60 bits per heavy atom. The number of amides is 2. The Labute approximate surface area is 206 Å². The molecule has 0 bridgehead atoms. The highest BCUT2D eigenvalue weighted by Gasteiger charge is 2.39. The Bertz CT molecular complexity index is 1110. The van der Waals surface area contributed by atoms with Crippen molar-refractivity contribution in [1.29, 1.82) is 0 Å². The Hall–Kier alpha value is -2.67. The number of rotatable bonds is 7. The second-order valence-electron chi connectivity index (χ2n) is 6.99. The van der Waals surface area contributed by atoms with Crippen LogP contribution in [0.25, 0.3) is 6.08 Å². The van der Waals surface area contributed by atoms with Crippen molar-refractivity contribution in [1.82, 2.24) is 10.6 Å². The van der Waals surface area contributed by atoms with Crippen LogP contribution in [0.5, 0.6) is 0 Å². The van der Waals surface area contributed by atoms with E-state index >= 15 is 0 Å². The predicted molar refractivity (Wildman–Crippen MR) is 115 cm³/mol. The lowest BCUT2D eigenvalue weighted by atomic mass is 9.96. The average molecular weight is 594 g/mol. The molecule has 190 valence electrons. The number of carbonyl (C=O) groups is 2. The van der Waals surface area contributed by atoms with E-state index in [-0.39, 0.29) is 15.6 Å². The van der Waals surface area contributed by atoms with E-state index in [9.17, 15) is 44.7 Å². The minimum Gasteiger partial charge on any atom is -0.345 e. The van der Waals surface area contributed by atoms with E-state index in [1.54, 1.807) is 5.32 Å². The van der Waals surface area contributed by atoms with Gasteiger partial charge in [-0.25, -0.2) is 8.78 Å². The number of benzene rings is 2. The van der Waals surface area contributed by atoms with Gasteiger partial charge in [0, 0.05) is 4.47 Å². The fraction of sp³-hybridized carbons (Fsp3) is 0.238. The number of carbonyl (C=O) groups excluding carboxylic acids is 2. The smallest absolute Gasteiger partial charge is 0.345 e. The molecule has 1 unspecified atom stereocenters. The molecule has 0 aromatic heterocycles. The molecular weight excluding hydrogens is 580 g/mol. The van der Waals surface area contributed by atoms with E-state index in [0.29, 0.717) is 18.2 Å². The first kappa shape index (κ1) is 28.6. The molecule has 1 atom stereocenters. The number of nitrogens with one attached hydrogen (secondary N) is 2. The third kappa shape index (κ3) is 8.49. The van der Waals surface area contributed by atoms with Crippen LogP contribution in [0.1, 0.15) is 27.4 Å². The molecule has 2 N–H and O–H groups in total. The number of hydrogen-bond acceptors (Lipinski definition) is 2. The number of alkyl halides is 6. The molecule has 4 nitrogen and oxygen atoms in total. The van der Waals surface area contributed by atoms with Crippen molar-refractivity contribution in [3.05, 3.63) is 74.2 Å². The highest BCUT2D eigenvalue weighted by molar-refractivity contribution is 9.10. The van der Waals surface area contributed by atoms with Crippen LogP contribution >= 0.6 is 27.5 Å². The Morgan fingerprint density at radius 1 is 1.00 bits per heavy atom. The molecule has 0 fully saturated rings. The third-order valence-corrected chi connectivity index (χ3v) is 5.35. The summed E-state index contributed by atoms with van der Waals surface area (Å²) >= 11 is 8.37. The lowest BCUT2D eigenvalue weighted by molar-refractivity contribution is -0.139. The summed E-state index contributed by atoms with van der Waals surface area (Å²) in [6.45, 7) is -2.31. The molecule has 0 spiro atoms. The van der Waals surface area contributed by atoms with E-state index in [4.69, 9.17) is 11.6 Å². The first-order chi connectivity index (χ1) is 16.1. The second kappa shape index (κ2) is 11.4. The van der Waals surface area contributed by atoms with E-state index in [1.165, 1.54) is 18.2 Å². The van der Waals surface area contributed by atoms with Crippen molar-refractivity contribution >= 4 is 45.4 Å². The van der Waals surface area contributed by atoms with Gasteiger partial charge < -0.3 is 10.6 Å². The zero-order valence-corrected chi connectivity index (χ0v) is 19.5. The monoisotopic (exact) mass is 592 g/mol. The summed E-state index contributed by atoms with van der Waals surface area (Å²) in [4.78, 5) is 23.5. The minimum absolute atomic E-state index is 0.0556. The molecule has 2 aromatic carbocycles. The number of halogens is 10. The van der Waals surface area contributed by atoms with Crippen LogP contribution in [0.3, 0.4) is 0 Å². The Kier molecular flexibility index (Phi) is 9.29. The van der Waals surface area contributed by atoms with Crippen molar-refractivity contribution < 1.29 is 44.7 Å². The van der Waals surface area contributed by atoms with Crippen LogP contribution in [0, 0.1) is 11.6 Å². The van der Waals surface area contributed by atoms with E-state index < -0.39 is 65.4 Å². The molecule has 0 heterocycles. The fourth-order valence-electron chi connectivity index (χ4n) is 2.71. The maximum absolute atomic E-state index is 13.7. The van der Waals surface area contributed by atoms with Gasteiger partial charge >= 0.3 is 12.4 Å². The fourth-order valence-corrected chi connectivity index (χ4v) is 3.39. The molecule has 0 saturated heterocycles. The highest BCUT2D eigenvalue weighted by Crippen LogP contribution is 2.38. The highest BCUT2D eigenvalue weighted by atomic mass is 79.9. The molecule has 0 saturated carbocycles. The molecule has 2 aromatic rings. The molecule has 14 heteroatoms. The second-order valence-corrected chi connectivity index (χ2v) is 8.22. The normalized spacial score (nSPS) is 13.1. The Balaban J connectivity index is 2.15. The molecular formula is C21H14BrClF8N2O2. The van der Waals surface area contributed by atoms with Crippen molar-refractivity contribution in [2.75, 3.05) is 13.1 Å². The first-order valence-corrected chi connectivity index (χ1v) is 10.6. The molecule has 0 aliphatic heterocycles. The van der Waals surface area contributed by atoms with Gasteiger partial charge in [0.25, 0.3) is 5.91 Å². The van der Waals surface area contributed by atoms with Crippen LogP contribution in [-0.4, -0.2) is 37.3 Å². The van der Waals surface area contributed by atoms with Gasteiger partial charge in [-0.15, -0.1) is 0 Å². The maximum Gasteiger partial charge on any atom is 0.405 e. The molecule has 2 amide bonds. The summed E-state index contributed by atoms with van der Waals surface area (Å²) in [5.74, 6) is -7.00. The lowest BCUT2D eigenvalue weighted by Crippen LogP contribution is -2.40. The average Bonchev–Trinajstić information content (AvgIpc) is 2.73. The van der Waals surface area contributed by atoms with E-state index in [1.807, 2.05) is 0 Å². The van der Waals surface area contributed by atoms with Crippen molar-refractivity contribution in [3.8, 4) is 0 Å². The van der Waals surface area contributed by atoms with Gasteiger partial charge in [0.05, 0.1) is 18.0 Å². The summed E-state index contributed by atoms with van der Waals surface area (Å²) in [6.07, 6.45) is -7.84. The SMILES string of the molecule is O=C(CNC(=O)c1ccc(/C=C/C(c2cc(F)c(Cl)c(F)c2)C(F)(F)F)cc1Br)NCC(F)(F)F. The zero-order valence-electron chi connectivity index (χ0n) is 17.1. The van der Waals surface area contributed by atoms with Gasteiger partial charge in [-0.3, -0.25) is 9.59 Å². The molecule has 0 aliphatic carbocycles. The van der Waals surface area contributed by atoms with Crippen LogP contribution in [0.4, 0.5) is 35.1 Å². The van der Waals surface area contributed by atoms with Crippen LogP contribution < -0.4 is 10.6 Å². The summed E-state index contributed by atoms with van der Waals surface area (Å²) in [5.41, 5.74) is -0.604. The van der Waals surface area contributed by atoms with Gasteiger partial charge in [-0.05, 0) is 51.3 Å². The van der Waals surface area contributed by atoms with Gasteiger partial charge in [0.2, 0.25) is 5.91 Å². The number of hydrogen-bond donors (Lipinski definition) is 2. The molecule has 0 aliphatic rings. The zero-order chi connectivity index (χ0) is 26.6. The van der Waals surface area contributed by atoms with Gasteiger partial charge in [0.1, 0.15) is 23.2 Å². The summed E-state index contributed by atoms with van der Waals surface area (Å²) in [6, 6.07) is 4.64. The molecule has 0 radical (unpaired) electrons. The standard InChI is InChI=1S/C21H14BrClF8N2O2/c22-14-5-10(1-3-12(14)19(35)32-8-17(34)33-9-20(26,27)28)2-4-13(21(29,30)31)11-6-15(24)18(23)16(25)7-11/h1-7,13H,8-9H2,(H,32,35)(H,33,34)/b4-2+. The minimum atomic E-state index is -4.90.